The second kappa shape index (κ2) is 16.1. The van der Waals surface area contributed by atoms with Gasteiger partial charge in [0.25, 0.3) is 0 Å². The van der Waals surface area contributed by atoms with Crippen molar-refractivity contribution >= 4 is 5.69 Å². The van der Waals surface area contributed by atoms with Gasteiger partial charge in [0.2, 0.25) is 11.8 Å². The van der Waals surface area contributed by atoms with E-state index in [0.29, 0.717) is 36.3 Å². The van der Waals surface area contributed by atoms with E-state index < -0.39 is 4.92 Å². The molecule has 0 aliphatic heterocycles. The number of allylic oxidation sites excluding steroid dienone is 1. The third-order valence-electron chi connectivity index (χ3n) is 9.04. The van der Waals surface area contributed by atoms with Crippen molar-refractivity contribution in [2.24, 2.45) is 11.3 Å². The van der Waals surface area contributed by atoms with Crippen LogP contribution in [0.5, 0.6) is 11.8 Å². The zero-order valence-corrected chi connectivity index (χ0v) is 28.6. The van der Waals surface area contributed by atoms with Gasteiger partial charge < -0.3 is 19.7 Å². The highest BCUT2D eigenvalue weighted by molar-refractivity contribution is 5.60. The molecule has 1 fully saturated rings. The number of hydrogen-bond acceptors (Lipinski definition) is 8. The van der Waals surface area contributed by atoms with E-state index in [4.69, 9.17) is 9.47 Å². The number of hydrogen-bond donors (Lipinski definition) is 1. The molecule has 49 heavy (non-hydrogen) atoms. The molecule has 5 rings (SSSR count). The summed E-state index contributed by atoms with van der Waals surface area (Å²) in [5.41, 5.74) is 5.17. The summed E-state index contributed by atoms with van der Waals surface area (Å²) in [6.45, 7) is 13.5. The molecular formula is C40H45N5O4. The van der Waals surface area contributed by atoms with E-state index in [1.54, 1.807) is 12.1 Å². The molecule has 9 nitrogen and oxygen atoms in total. The average molecular weight is 660 g/mol. The van der Waals surface area contributed by atoms with Crippen LogP contribution in [0.15, 0.2) is 127 Å². The lowest BCUT2D eigenvalue weighted by atomic mass is 9.60. The lowest BCUT2D eigenvalue weighted by molar-refractivity contribution is -0.423. The molecule has 0 bridgehead atoms. The molecule has 2 aromatic heterocycles. The number of aromatic nitrogens is 2. The molecule has 1 aliphatic carbocycles. The Labute approximate surface area is 289 Å². The number of benzene rings is 2. The lowest BCUT2D eigenvalue weighted by Crippen LogP contribution is -2.38. The lowest BCUT2D eigenvalue weighted by Gasteiger charge is -2.46. The third-order valence-corrected chi connectivity index (χ3v) is 9.04. The molecule has 1 saturated carbocycles. The maximum Gasteiger partial charge on any atom is 0.315 e. The van der Waals surface area contributed by atoms with Gasteiger partial charge in [-0.3, -0.25) is 15.1 Å². The van der Waals surface area contributed by atoms with Crippen molar-refractivity contribution in [2.75, 3.05) is 18.9 Å². The number of likely N-dealkylation sites (N-methyl/N-ethyl adjacent to an activating group) is 1. The highest BCUT2D eigenvalue weighted by Crippen LogP contribution is 2.49. The molecule has 0 atom stereocenters. The normalized spacial score (nSPS) is 17.2. The molecule has 1 N–H and O–H groups in total. The van der Waals surface area contributed by atoms with E-state index in [-0.39, 0.29) is 29.3 Å². The maximum atomic E-state index is 12.5. The van der Waals surface area contributed by atoms with Gasteiger partial charge in [0.1, 0.15) is 30.3 Å². The van der Waals surface area contributed by atoms with Gasteiger partial charge in [0.05, 0.1) is 4.92 Å². The minimum Gasteiger partial charge on any atom is -0.473 e. The fourth-order valence-corrected chi connectivity index (χ4v) is 6.27. The second-order valence-corrected chi connectivity index (χ2v) is 13.1. The predicted molar refractivity (Wildman–Crippen MR) is 194 cm³/mol. The van der Waals surface area contributed by atoms with Crippen LogP contribution >= 0.6 is 0 Å². The van der Waals surface area contributed by atoms with Crippen LogP contribution in [-0.2, 0) is 19.6 Å². The number of pyridine rings is 2. The van der Waals surface area contributed by atoms with Crippen molar-refractivity contribution in [3.8, 4) is 11.8 Å². The first-order valence-electron chi connectivity index (χ1n) is 16.6. The summed E-state index contributed by atoms with van der Waals surface area (Å²) < 4.78 is 12.1. The minimum absolute atomic E-state index is 0.167. The van der Waals surface area contributed by atoms with Crippen LogP contribution in [0, 0.1) is 28.4 Å². The summed E-state index contributed by atoms with van der Waals surface area (Å²) in [4.78, 5) is 23.0. The Morgan fingerprint density at radius 1 is 1.00 bits per heavy atom. The molecule has 0 spiro atoms. The van der Waals surface area contributed by atoms with Gasteiger partial charge in [-0.25, -0.2) is 0 Å². The molecule has 2 aromatic carbocycles. The highest BCUT2D eigenvalue weighted by atomic mass is 16.6. The first-order valence-corrected chi connectivity index (χ1v) is 16.6. The van der Waals surface area contributed by atoms with Crippen LogP contribution in [0.3, 0.4) is 0 Å². The summed E-state index contributed by atoms with van der Waals surface area (Å²) in [5.74, 6) is 1.22. The molecule has 0 saturated heterocycles. The number of anilines is 1. The van der Waals surface area contributed by atoms with Crippen molar-refractivity contribution < 1.29 is 14.4 Å². The third kappa shape index (κ3) is 9.56. The molecule has 9 heteroatoms. The van der Waals surface area contributed by atoms with Crippen LogP contribution in [0.1, 0.15) is 48.6 Å². The van der Waals surface area contributed by atoms with Gasteiger partial charge in [-0.2, -0.15) is 4.98 Å². The Morgan fingerprint density at radius 3 is 2.24 bits per heavy atom. The predicted octanol–water partition coefficient (Wildman–Crippen LogP) is 8.52. The topological polar surface area (TPSA) is 103 Å². The Hall–Kier alpha value is -5.44. The van der Waals surface area contributed by atoms with Gasteiger partial charge >= 0.3 is 5.70 Å². The quantitative estimate of drug-likeness (QED) is 0.0684. The number of nitro groups is 1. The van der Waals surface area contributed by atoms with E-state index in [1.165, 1.54) is 11.6 Å². The van der Waals surface area contributed by atoms with Gasteiger partial charge in [-0.1, -0.05) is 86.8 Å². The molecular weight excluding hydrogens is 614 g/mol. The first-order chi connectivity index (χ1) is 23.6. The standard InChI is InChI=1S/C40H45N5O4/c1-6-35(38(45(46)47)30(3)44(5)22-21-40(4)24-34(25-40)23-33-18-17-29(2)41-26-33)42-36-19-20-37(48-27-31-13-9-7-10-14-31)43-39(36)49-28-32-15-11-8-12-16-32/h6-20,26,34,42H,1,3,21-25,27-28H2,2,4-5H3/b38-35-. The SMILES string of the molecule is C=C/C(Nc1ccc(OCc2ccccc2)nc1OCc1ccccc1)=C(\C(=C)N(C)CCC1(C)CC(Cc2ccc(C)nc2)C1)[N+](=O)[O-]. The Bertz CT molecular complexity index is 1770. The van der Waals surface area contributed by atoms with E-state index >= 15 is 0 Å². The van der Waals surface area contributed by atoms with Crippen LogP contribution in [0.25, 0.3) is 0 Å². The van der Waals surface area contributed by atoms with Gasteiger partial charge in [-0.05, 0) is 78.8 Å². The van der Waals surface area contributed by atoms with Crippen molar-refractivity contribution in [3.63, 3.8) is 0 Å². The monoisotopic (exact) mass is 659 g/mol. The van der Waals surface area contributed by atoms with Crippen molar-refractivity contribution in [1.82, 2.24) is 14.9 Å². The van der Waals surface area contributed by atoms with Crippen LogP contribution in [-0.4, -0.2) is 33.4 Å². The Morgan fingerprint density at radius 2 is 1.65 bits per heavy atom. The van der Waals surface area contributed by atoms with E-state index in [1.807, 2.05) is 85.7 Å². The number of aryl methyl sites for hydroxylation is 1. The van der Waals surface area contributed by atoms with Crippen LogP contribution in [0.2, 0.25) is 0 Å². The van der Waals surface area contributed by atoms with Gasteiger partial charge in [-0.15, -0.1) is 0 Å². The second-order valence-electron chi connectivity index (χ2n) is 13.1. The largest absolute Gasteiger partial charge is 0.473 e. The summed E-state index contributed by atoms with van der Waals surface area (Å²) in [6, 6.07) is 27.2. The molecule has 0 unspecified atom stereocenters. The first kappa shape index (κ1) is 34.9. The summed E-state index contributed by atoms with van der Waals surface area (Å²) >= 11 is 0. The number of nitrogens with one attached hydrogen (secondary N) is 1. The van der Waals surface area contributed by atoms with E-state index in [9.17, 15) is 10.1 Å². The number of rotatable bonds is 17. The average Bonchev–Trinajstić information content (AvgIpc) is 3.10. The van der Waals surface area contributed by atoms with Gasteiger partial charge in [0.15, 0.2) is 0 Å². The molecule has 4 aromatic rings. The van der Waals surface area contributed by atoms with Crippen molar-refractivity contribution in [1.29, 1.82) is 0 Å². The van der Waals surface area contributed by atoms with Crippen LogP contribution < -0.4 is 14.8 Å². The Kier molecular flexibility index (Phi) is 11.5. The van der Waals surface area contributed by atoms with Crippen molar-refractivity contribution in [2.45, 2.75) is 52.7 Å². The smallest absolute Gasteiger partial charge is 0.315 e. The maximum absolute atomic E-state index is 12.5. The van der Waals surface area contributed by atoms with E-state index in [0.717, 1.165) is 42.5 Å². The van der Waals surface area contributed by atoms with Crippen LogP contribution in [0.4, 0.5) is 5.69 Å². The highest BCUT2D eigenvalue weighted by Gasteiger charge is 2.40. The molecule has 254 valence electrons. The fourth-order valence-electron chi connectivity index (χ4n) is 6.27. The summed E-state index contributed by atoms with van der Waals surface area (Å²) in [6.07, 6.45) is 7.56. The molecule has 1 aliphatic rings. The fraction of sp³-hybridized carbons (Fsp3) is 0.300. The summed E-state index contributed by atoms with van der Waals surface area (Å²) in [5, 5.41) is 15.7. The number of nitrogens with zero attached hydrogens (tertiary/aromatic N) is 4. The summed E-state index contributed by atoms with van der Waals surface area (Å²) in [7, 11) is 1.85. The zero-order chi connectivity index (χ0) is 34.8. The zero-order valence-electron chi connectivity index (χ0n) is 28.6. The van der Waals surface area contributed by atoms with Gasteiger partial charge in [0, 0.05) is 31.5 Å². The molecule has 0 radical (unpaired) electrons. The Balaban J connectivity index is 1.27. The molecule has 2 heterocycles. The van der Waals surface area contributed by atoms with E-state index in [2.05, 4.69) is 47.5 Å². The number of ether oxygens (including phenoxy) is 2. The molecule has 0 amide bonds. The van der Waals surface area contributed by atoms with Crippen molar-refractivity contribution in [3.05, 3.63) is 160 Å². The minimum atomic E-state index is -0.422.